The lowest BCUT2D eigenvalue weighted by Crippen LogP contribution is -2.37. The number of carbonyl (C=O) groups excluding carboxylic acids is 3. The van der Waals surface area contributed by atoms with Crippen molar-refractivity contribution in [2.24, 2.45) is 0 Å². The lowest BCUT2D eigenvalue weighted by molar-refractivity contribution is -0.121. The second-order valence-corrected chi connectivity index (χ2v) is 9.59. The van der Waals surface area contributed by atoms with Crippen molar-refractivity contribution in [3.05, 3.63) is 48.0 Å². The fraction of sp³-hybridized carbons (Fsp3) is 0.304. The lowest BCUT2D eigenvalue weighted by atomic mass is 10.1. The van der Waals surface area contributed by atoms with Gasteiger partial charge in [-0.15, -0.1) is 11.8 Å². The Morgan fingerprint density at radius 3 is 2.50 bits per heavy atom. The minimum absolute atomic E-state index is 0.204. The molecule has 7 nitrogen and oxygen atoms in total. The van der Waals surface area contributed by atoms with Crippen molar-refractivity contribution in [3.8, 4) is 0 Å². The van der Waals surface area contributed by atoms with E-state index in [0.29, 0.717) is 29.5 Å². The summed E-state index contributed by atoms with van der Waals surface area (Å²) >= 11 is 3.11. The number of benzene rings is 2. The number of fused-ring (bicyclic) bond motifs is 1. The molecule has 1 fully saturated rings. The standard InChI is InChI=1S/C23H24N4O3S2/c1-25(2)12-13-26(23-24-21-17(31-3)8-5-9-18(21)32-23)22(30)15-6-4-7-16(14-15)27-19(28)10-11-20(27)29/h4-9,14H,10-13H2,1-3H3. The van der Waals surface area contributed by atoms with Crippen LogP contribution in [-0.2, 0) is 9.59 Å². The molecule has 2 aromatic carbocycles. The number of hydrogen-bond donors (Lipinski definition) is 0. The van der Waals surface area contributed by atoms with E-state index in [1.54, 1.807) is 40.9 Å². The fourth-order valence-electron chi connectivity index (χ4n) is 3.57. The van der Waals surface area contributed by atoms with E-state index in [2.05, 4.69) is 0 Å². The lowest BCUT2D eigenvalue weighted by Gasteiger charge is -2.23. The van der Waals surface area contributed by atoms with E-state index in [1.807, 2.05) is 43.5 Å². The van der Waals surface area contributed by atoms with Crippen molar-refractivity contribution in [2.45, 2.75) is 17.7 Å². The number of aromatic nitrogens is 1. The van der Waals surface area contributed by atoms with Crippen molar-refractivity contribution in [3.63, 3.8) is 0 Å². The maximum atomic E-state index is 13.6. The zero-order valence-corrected chi connectivity index (χ0v) is 19.8. The Bertz CT molecular complexity index is 1170. The number of imide groups is 1. The van der Waals surface area contributed by atoms with Crippen LogP contribution in [0, 0.1) is 0 Å². The minimum atomic E-state index is -0.236. The van der Waals surface area contributed by atoms with E-state index in [4.69, 9.17) is 4.98 Å². The number of nitrogens with zero attached hydrogens (tertiary/aromatic N) is 4. The average molecular weight is 469 g/mol. The van der Waals surface area contributed by atoms with Crippen LogP contribution in [0.2, 0.25) is 0 Å². The number of thiazole rings is 1. The van der Waals surface area contributed by atoms with Gasteiger partial charge in [0.1, 0.15) is 0 Å². The van der Waals surface area contributed by atoms with Gasteiger partial charge in [0.15, 0.2) is 5.13 Å². The second kappa shape index (κ2) is 9.40. The van der Waals surface area contributed by atoms with Crippen LogP contribution in [0.25, 0.3) is 10.2 Å². The molecular weight excluding hydrogens is 444 g/mol. The summed E-state index contributed by atoms with van der Waals surface area (Å²) in [6.07, 6.45) is 2.42. The number of likely N-dealkylation sites (N-methyl/N-ethyl adjacent to an activating group) is 1. The Labute approximate surface area is 195 Å². The Morgan fingerprint density at radius 2 is 1.81 bits per heavy atom. The molecule has 4 rings (SSSR count). The highest BCUT2D eigenvalue weighted by Crippen LogP contribution is 2.35. The van der Waals surface area contributed by atoms with Crippen molar-refractivity contribution in [1.29, 1.82) is 0 Å². The molecule has 9 heteroatoms. The summed E-state index contributed by atoms with van der Waals surface area (Å²) in [5.74, 6) is -0.683. The quantitative estimate of drug-likeness (QED) is 0.387. The monoisotopic (exact) mass is 468 g/mol. The van der Waals surface area contributed by atoms with E-state index in [1.165, 1.54) is 16.2 Å². The van der Waals surface area contributed by atoms with Crippen LogP contribution in [0.4, 0.5) is 10.8 Å². The Kier molecular flexibility index (Phi) is 6.59. The SMILES string of the molecule is CSc1cccc2sc(N(CCN(C)C)C(=O)c3cccc(N4C(=O)CCC4=O)c3)nc12. The molecule has 0 aliphatic carbocycles. The first-order valence-electron chi connectivity index (χ1n) is 10.2. The summed E-state index contributed by atoms with van der Waals surface area (Å²) in [5.41, 5.74) is 1.74. The summed E-state index contributed by atoms with van der Waals surface area (Å²) in [6.45, 7) is 1.13. The molecule has 0 bridgehead atoms. The van der Waals surface area contributed by atoms with Gasteiger partial charge < -0.3 is 4.90 Å². The molecule has 0 unspecified atom stereocenters. The summed E-state index contributed by atoms with van der Waals surface area (Å²) in [7, 11) is 3.91. The van der Waals surface area contributed by atoms with Crippen LogP contribution in [0.5, 0.6) is 0 Å². The first kappa shape index (κ1) is 22.4. The maximum absolute atomic E-state index is 13.6. The molecular formula is C23H24N4O3S2. The van der Waals surface area contributed by atoms with Gasteiger partial charge in [-0.3, -0.25) is 24.2 Å². The number of carbonyl (C=O) groups is 3. The Morgan fingerprint density at radius 1 is 1.09 bits per heavy atom. The third-order valence-corrected chi connectivity index (χ3v) is 7.05. The van der Waals surface area contributed by atoms with Gasteiger partial charge in [-0.25, -0.2) is 4.98 Å². The van der Waals surface area contributed by atoms with Crippen LogP contribution in [0.3, 0.4) is 0 Å². The molecule has 166 valence electrons. The van der Waals surface area contributed by atoms with Crippen molar-refractivity contribution >= 4 is 61.9 Å². The molecule has 1 aliphatic heterocycles. The van der Waals surface area contributed by atoms with E-state index >= 15 is 0 Å². The number of thioether (sulfide) groups is 1. The number of anilines is 2. The molecule has 0 N–H and O–H groups in total. The molecule has 0 saturated carbocycles. The summed E-state index contributed by atoms with van der Waals surface area (Å²) in [5, 5.41) is 0.632. The smallest absolute Gasteiger partial charge is 0.260 e. The molecule has 0 atom stereocenters. The van der Waals surface area contributed by atoms with Crippen LogP contribution < -0.4 is 9.80 Å². The predicted octanol–water partition coefficient (Wildman–Crippen LogP) is 3.88. The van der Waals surface area contributed by atoms with Gasteiger partial charge in [0.2, 0.25) is 11.8 Å². The van der Waals surface area contributed by atoms with E-state index in [-0.39, 0.29) is 30.6 Å². The zero-order valence-electron chi connectivity index (χ0n) is 18.2. The maximum Gasteiger partial charge on any atom is 0.260 e. The van der Waals surface area contributed by atoms with E-state index in [9.17, 15) is 14.4 Å². The average Bonchev–Trinajstić information content (AvgIpc) is 3.36. The van der Waals surface area contributed by atoms with Gasteiger partial charge in [0.25, 0.3) is 5.91 Å². The molecule has 0 spiro atoms. The van der Waals surface area contributed by atoms with E-state index in [0.717, 1.165) is 15.1 Å². The molecule has 1 aromatic heterocycles. The van der Waals surface area contributed by atoms with Gasteiger partial charge in [0, 0.05) is 36.4 Å². The summed E-state index contributed by atoms with van der Waals surface area (Å²) in [4.78, 5) is 48.6. The van der Waals surface area contributed by atoms with Gasteiger partial charge >= 0.3 is 0 Å². The fourth-order valence-corrected chi connectivity index (χ4v) is 5.22. The predicted molar refractivity (Wildman–Crippen MR) is 130 cm³/mol. The highest BCUT2D eigenvalue weighted by Gasteiger charge is 2.31. The molecule has 3 amide bonds. The number of para-hydroxylation sites is 1. The molecule has 0 radical (unpaired) electrons. The molecule has 1 aliphatic rings. The Balaban J connectivity index is 1.71. The van der Waals surface area contributed by atoms with Gasteiger partial charge in [-0.05, 0) is 50.7 Å². The second-order valence-electron chi connectivity index (χ2n) is 7.74. The normalized spacial score (nSPS) is 14.1. The van der Waals surface area contributed by atoms with Crippen LogP contribution in [-0.4, -0.2) is 61.0 Å². The number of hydrogen-bond acceptors (Lipinski definition) is 7. The molecule has 3 aromatic rings. The number of rotatable bonds is 7. The third kappa shape index (κ3) is 4.41. The van der Waals surface area contributed by atoms with E-state index < -0.39 is 0 Å². The van der Waals surface area contributed by atoms with Crippen LogP contribution >= 0.6 is 23.1 Å². The highest BCUT2D eigenvalue weighted by molar-refractivity contribution is 7.98. The summed E-state index contributed by atoms with van der Waals surface area (Å²) < 4.78 is 1.02. The third-order valence-electron chi connectivity index (χ3n) is 5.24. The van der Waals surface area contributed by atoms with Gasteiger partial charge in [0.05, 0.1) is 15.9 Å². The zero-order chi connectivity index (χ0) is 22.8. The van der Waals surface area contributed by atoms with Crippen LogP contribution in [0.15, 0.2) is 47.4 Å². The van der Waals surface area contributed by atoms with Gasteiger partial charge in [-0.1, -0.05) is 23.5 Å². The Hall–Kier alpha value is -2.75. The van der Waals surface area contributed by atoms with Crippen molar-refractivity contribution < 1.29 is 14.4 Å². The van der Waals surface area contributed by atoms with Crippen molar-refractivity contribution in [2.75, 3.05) is 43.2 Å². The molecule has 1 saturated heterocycles. The summed E-state index contributed by atoms with van der Waals surface area (Å²) in [6, 6.07) is 12.7. The first-order chi connectivity index (χ1) is 15.4. The largest absolute Gasteiger partial charge is 0.308 e. The first-order valence-corrected chi connectivity index (χ1v) is 12.3. The van der Waals surface area contributed by atoms with Crippen LogP contribution in [0.1, 0.15) is 23.2 Å². The molecule has 2 heterocycles. The highest BCUT2D eigenvalue weighted by atomic mass is 32.2. The van der Waals surface area contributed by atoms with Gasteiger partial charge in [-0.2, -0.15) is 0 Å². The minimum Gasteiger partial charge on any atom is -0.308 e. The molecule has 32 heavy (non-hydrogen) atoms. The number of amides is 3. The topological polar surface area (TPSA) is 73.8 Å². The van der Waals surface area contributed by atoms with Crippen molar-refractivity contribution in [1.82, 2.24) is 9.88 Å².